The van der Waals surface area contributed by atoms with Crippen molar-refractivity contribution < 1.29 is 19.1 Å². The van der Waals surface area contributed by atoms with Crippen LogP contribution in [-0.2, 0) is 9.59 Å². The van der Waals surface area contributed by atoms with Gasteiger partial charge >= 0.3 is 0 Å². The summed E-state index contributed by atoms with van der Waals surface area (Å²) in [5.41, 5.74) is 0.678. The fourth-order valence-corrected chi connectivity index (χ4v) is 2.84. The maximum atomic E-state index is 12.2. The highest BCUT2D eigenvalue weighted by Gasteiger charge is 2.13. The zero-order valence-corrected chi connectivity index (χ0v) is 17.7. The highest BCUT2D eigenvalue weighted by molar-refractivity contribution is 9.10. The monoisotopic (exact) mass is 448 g/mol. The van der Waals surface area contributed by atoms with E-state index in [1.807, 2.05) is 49.4 Å². The molecule has 2 amide bonds. The molecule has 0 aromatic heterocycles. The smallest absolute Gasteiger partial charge is 0.244 e. The topological polar surface area (TPSA) is 67.9 Å². The lowest BCUT2D eigenvalue weighted by atomic mass is 10.3. The molecular weight excluding hydrogens is 424 g/mol. The van der Waals surface area contributed by atoms with Gasteiger partial charge in [0, 0.05) is 17.9 Å². The first-order valence-corrected chi connectivity index (χ1v) is 9.93. The predicted octanol–water partition coefficient (Wildman–Crippen LogP) is 4.10. The standard InChI is InChI=1S/C21H25BrN2O4/c1-3-27-16-10-12-17(13-11-16)28-14-6-9-21(26)24(2)15-20(25)23-19-8-5-4-7-18(19)22/h4-5,7-8,10-13H,3,6,9,14-15H2,1-2H3,(H,23,25). The number of nitrogens with zero attached hydrogens (tertiary/aromatic N) is 1. The molecule has 0 saturated carbocycles. The number of halogens is 1. The van der Waals surface area contributed by atoms with Crippen molar-refractivity contribution >= 4 is 33.4 Å². The normalized spacial score (nSPS) is 10.2. The Morgan fingerprint density at radius 1 is 1.04 bits per heavy atom. The van der Waals surface area contributed by atoms with Gasteiger partial charge in [-0.25, -0.2) is 0 Å². The molecule has 0 bridgehead atoms. The molecule has 0 heterocycles. The van der Waals surface area contributed by atoms with Crippen LogP contribution in [0.15, 0.2) is 53.0 Å². The summed E-state index contributed by atoms with van der Waals surface area (Å²) in [5.74, 6) is 1.19. The summed E-state index contributed by atoms with van der Waals surface area (Å²) in [4.78, 5) is 25.7. The molecule has 28 heavy (non-hydrogen) atoms. The molecule has 0 aliphatic heterocycles. The Kier molecular flexibility index (Phi) is 8.81. The number of para-hydroxylation sites is 1. The fourth-order valence-electron chi connectivity index (χ4n) is 2.46. The molecule has 0 atom stereocenters. The van der Waals surface area contributed by atoms with Crippen LogP contribution in [0, 0.1) is 0 Å². The van der Waals surface area contributed by atoms with Gasteiger partial charge < -0.3 is 19.7 Å². The number of rotatable bonds is 10. The molecule has 7 heteroatoms. The Morgan fingerprint density at radius 3 is 2.32 bits per heavy atom. The SMILES string of the molecule is CCOc1ccc(OCCCC(=O)N(C)CC(=O)Nc2ccccc2Br)cc1. The van der Waals surface area contributed by atoms with Crippen LogP contribution in [0.4, 0.5) is 5.69 Å². The van der Waals surface area contributed by atoms with E-state index in [-0.39, 0.29) is 18.4 Å². The summed E-state index contributed by atoms with van der Waals surface area (Å²) in [6, 6.07) is 14.7. The van der Waals surface area contributed by atoms with Gasteiger partial charge in [0.25, 0.3) is 0 Å². The van der Waals surface area contributed by atoms with Gasteiger partial charge in [0.15, 0.2) is 0 Å². The van der Waals surface area contributed by atoms with E-state index in [2.05, 4.69) is 21.2 Å². The van der Waals surface area contributed by atoms with Gasteiger partial charge in [-0.15, -0.1) is 0 Å². The lowest BCUT2D eigenvalue weighted by molar-refractivity contribution is -0.133. The zero-order chi connectivity index (χ0) is 20.4. The summed E-state index contributed by atoms with van der Waals surface area (Å²) in [7, 11) is 1.62. The van der Waals surface area contributed by atoms with Gasteiger partial charge in [-0.2, -0.15) is 0 Å². The number of ether oxygens (including phenoxy) is 2. The number of likely N-dealkylation sites (N-methyl/N-ethyl adjacent to an activating group) is 1. The molecule has 0 radical (unpaired) electrons. The predicted molar refractivity (Wildman–Crippen MR) is 113 cm³/mol. The minimum Gasteiger partial charge on any atom is -0.494 e. The Bertz CT molecular complexity index is 780. The van der Waals surface area contributed by atoms with Crippen molar-refractivity contribution in [3.63, 3.8) is 0 Å². The molecule has 150 valence electrons. The van der Waals surface area contributed by atoms with Gasteiger partial charge in [-0.05, 0) is 65.7 Å². The largest absolute Gasteiger partial charge is 0.494 e. The number of amides is 2. The summed E-state index contributed by atoms with van der Waals surface area (Å²) in [6.07, 6.45) is 0.887. The molecule has 6 nitrogen and oxygen atoms in total. The fraction of sp³-hybridized carbons (Fsp3) is 0.333. The van der Waals surface area contributed by atoms with E-state index in [9.17, 15) is 9.59 Å². The molecule has 0 aliphatic carbocycles. The molecule has 1 N–H and O–H groups in total. The molecule has 2 rings (SSSR count). The number of carbonyl (C=O) groups excluding carboxylic acids is 2. The zero-order valence-electron chi connectivity index (χ0n) is 16.1. The Morgan fingerprint density at radius 2 is 1.68 bits per heavy atom. The molecule has 0 saturated heterocycles. The van der Waals surface area contributed by atoms with Crippen molar-refractivity contribution in [1.82, 2.24) is 4.90 Å². The first kappa shape index (κ1) is 21.8. The van der Waals surface area contributed by atoms with Gasteiger partial charge in [-0.3, -0.25) is 9.59 Å². The highest BCUT2D eigenvalue weighted by atomic mass is 79.9. The second-order valence-corrected chi connectivity index (χ2v) is 6.99. The van der Waals surface area contributed by atoms with Crippen LogP contribution in [-0.4, -0.2) is 43.5 Å². The second-order valence-electron chi connectivity index (χ2n) is 6.13. The minimum atomic E-state index is -0.242. The average Bonchev–Trinajstić information content (AvgIpc) is 2.68. The number of nitrogens with one attached hydrogen (secondary N) is 1. The Balaban J connectivity index is 1.67. The van der Waals surface area contributed by atoms with Crippen LogP contribution in [0.3, 0.4) is 0 Å². The average molecular weight is 449 g/mol. The molecule has 0 unspecified atom stereocenters. The third-order valence-corrected chi connectivity index (χ3v) is 4.58. The van der Waals surface area contributed by atoms with Crippen LogP contribution in [0.1, 0.15) is 19.8 Å². The minimum absolute atomic E-state index is 0.0000839. The van der Waals surface area contributed by atoms with E-state index in [1.165, 1.54) is 4.90 Å². The van der Waals surface area contributed by atoms with E-state index < -0.39 is 0 Å². The third-order valence-electron chi connectivity index (χ3n) is 3.89. The summed E-state index contributed by atoms with van der Waals surface area (Å²) in [6.45, 7) is 2.98. The van der Waals surface area contributed by atoms with Crippen molar-refractivity contribution in [2.24, 2.45) is 0 Å². The molecule has 0 spiro atoms. The summed E-state index contributed by atoms with van der Waals surface area (Å²) < 4.78 is 11.8. The van der Waals surface area contributed by atoms with Gasteiger partial charge in [0.1, 0.15) is 11.5 Å². The van der Waals surface area contributed by atoms with Crippen molar-refractivity contribution in [1.29, 1.82) is 0 Å². The van der Waals surface area contributed by atoms with Gasteiger partial charge in [0.05, 0.1) is 25.4 Å². The van der Waals surface area contributed by atoms with Crippen molar-refractivity contribution in [3.05, 3.63) is 53.0 Å². The number of hydrogen-bond donors (Lipinski definition) is 1. The Hall–Kier alpha value is -2.54. The quantitative estimate of drug-likeness (QED) is 0.555. The number of hydrogen-bond acceptors (Lipinski definition) is 4. The lowest BCUT2D eigenvalue weighted by Crippen LogP contribution is -2.35. The maximum Gasteiger partial charge on any atom is 0.244 e. The van der Waals surface area contributed by atoms with E-state index in [0.717, 1.165) is 16.0 Å². The summed E-state index contributed by atoms with van der Waals surface area (Å²) in [5, 5.41) is 2.78. The third kappa shape index (κ3) is 7.23. The first-order chi connectivity index (χ1) is 13.5. The molecule has 2 aromatic rings. The lowest BCUT2D eigenvalue weighted by Gasteiger charge is -2.17. The van der Waals surface area contributed by atoms with Crippen LogP contribution in [0.25, 0.3) is 0 Å². The van der Waals surface area contributed by atoms with E-state index in [0.29, 0.717) is 31.7 Å². The summed E-state index contributed by atoms with van der Waals surface area (Å²) >= 11 is 3.38. The molecule has 0 fully saturated rings. The number of benzene rings is 2. The van der Waals surface area contributed by atoms with Crippen molar-refractivity contribution in [2.75, 3.05) is 32.1 Å². The van der Waals surface area contributed by atoms with Crippen molar-refractivity contribution in [2.45, 2.75) is 19.8 Å². The van der Waals surface area contributed by atoms with Crippen LogP contribution in [0.5, 0.6) is 11.5 Å². The van der Waals surface area contributed by atoms with Gasteiger partial charge in [-0.1, -0.05) is 12.1 Å². The first-order valence-electron chi connectivity index (χ1n) is 9.13. The molecule has 0 aliphatic rings. The van der Waals surface area contributed by atoms with Crippen LogP contribution >= 0.6 is 15.9 Å². The van der Waals surface area contributed by atoms with Gasteiger partial charge in [0.2, 0.25) is 11.8 Å². The number of carbonyl (C=O) groups is 2. The molecule has 2 aromatic carbocycles. The van der Waals surface area contributed by atoms with E-state index in [4.69, 9.17) is 9.47 Å². The second kappa shape index (κ2) is 11.3. The molecular formula is C21H25BrN2O4. The highest BCUT2D eigenvalue weighted by Crippen LogP contribution is 2.21. The van der Waals surface area contributed by atoms with E-state index >= 15 is 0 Å². The number of anilines is 1. The Labute approximate surface area is 174 Å². The van der Waals surface area contributed by atoms with Crippen molar-refractivity contribution in [3.8, 4) is 11.5 Å². The van der Waals surface area contributed by atoms with E-state index in [1.54, 1.807) is 13.1 Å². The van der Waals surface area contributed by atoms with Crippen LogP contribution < -0.4 is 14.8 Å². The maximum absolute atomic E-state index is 12.2. The van der Waals surface area contributed by atoms with Crippen LogP contribution in [0.2, 0.25) is 0 Å².